The highest BCUT2D eigenvalue weighted by molar-refractivity contribution is 5.24. The third-order valence-electron chi connectivity index (χ3n) is 2.76. The molecule has 2 N–H and O–H groups in total. The fourth-order valence-electron chi connectivity index (χ4n) is 1.37. The molecule has 0 aliphatic heterocycles. The first-order valence-corrected chi connectivity index (χ1v) is 6.52. The number of nitrogens with two attached hydrogens (primary N) is 1. The molecule has 1 aromatic rings. The van der Waals surface area contributed by atoms with Gasteiger partial charge in [0.2, 0.25) is 0 Å². The maximum atomic E-state index is 5.45. The lowest BCUT2D eigenvalue weighted by atomic mass is 10.1. The Bertz CT molecular complexity index is 269. The van der Waals surface area contributed by atoms with Crippen molar-refractivity contribution in [3.8, 4) is 0 Å². The minimum Gasteiger partial charge on any atom is -0.326 e. The van der Waals surface area contributed by atoms with E-state index in [1.165, 1.54) is 30.4 Å². The molecule has 0 aromatic heterocycles. The lowest BCUT2D eigenvalue weighted by Gasteiger charge is -1.98. The first-order chi connectivity index (χ1) is 7.77. The molecule has 1 aromatic carbocycles. The van der Waals surface area contributed by atoms with Crippen LogP contribution in [0.5, 0.6) is 0 Å². The molecule has 0 atom stereocenters. The lowest BCUT2D eigenvalue weighted by molar-refractivity contribution is 0.799. The summed E-state index contributed by atoms with van der Waals surface area (Å²) in [6.07, 6.45) is 4.44. The van der Waals surface area contributed by atoms with Gasteiger partial charge in [-0.2, -0.15) is 0 Å². The molecule has 0 heterocycles. The summed E-state index contributed by atoms with van der Waals surface area (Å²) < 4.78 is 0. The van der Waals surface area contributed by atoms with E-state index in [1.807, 2.05) is 26.0 Å². The molecule has 0 unspecified atom stereocenters. The van der Waals surface area contributed by atoms with Crippen LogP contribution in [0.25, 0.3) is 0 Å². The maximum absolute atomic E-state index is 5.45. The second-order valence-electron chi connectivity index (χ2n) is 3.98. The zero-order chi connectivity index (χ0) is 12.4. The summed E-state index contributed by atoms with van der Waals surface area (Å²) >= 11 is 0. The fraction of sp³-hybridized carbons (Fsp3) is 0.600. The molecule has 0 radical (unpaired) electrons. The number of rotatable bonds is 2. The molecule has 1 saturated carbocycles. The summed E-state index contributed by atoms with van der Waals surface area (Å²) in [7, 11) is 0. The van der Waals surface area contributed by atoms with Crippen molar-refractivity contribution in [1.29, 1.82) is 0 Å². The third-order valence-corrected chi connectivity index (χ3v) is 2.76. The van der Waals surface area contributed by atoms with Crippen LogP contribution >= 0.6 is 0 Å². The second-order valence-corrected chi connectivity index (χ2v) is 3.98. The van der Waals surface area contributed by atoms with Crippen molar-refractivity contribution >= 4 is 0 Å². The molecule has 94 valence electrons. The van der Waals surface area contributed by atoms with Crippen LogP contribution in [0, 0.1) is 12.8 Å². The van der Waals surface area contributed by atoms with Gasteiger partial charge < -0.3 is 5.73 Å². The van der Waals surface area contributed by atoms with Crippen LogP contribution in [-0.2, 0) is 6.54 Å². The molecule has 2 rings (SSSR count). The van der Waals surface area contributed by atoms with E-state index >= 15 is 0 Å². The Morgan fingerprint density at radius 3 is 2.06 bits per heavy atom. The van der Waals surface area contributed by atoms with Crippen LogP contribution in [0.15, 0.2) is 24.3 Å². The molecular weight excluding hydrogens is 194 g/mol. The van der Waals surface area contributed by atoms with E-state index in [2.05, 4.69) is 26.0 Å². The molecular formula is C15H29N. The van der Waals surface area contributed by atoms with Gasteiger partial charge in [0.1, 0.15) is 0 Å². The SMILES string of the molecule is CC.CCC1CC1.Cc1ccccc1CN.[HH]. The second kappa shape index (κ2) is 9.41. The summed E-state index contributed by atoms with van der Waals surface area (Å²) in [5.74, 6) is 1.13. The standard InChI is InChI=1S/C8H11N.C5H10.C2H6.H2/c1-7-4-2-3-5-8(7)6-9;1-2-5-3-4-5;1-2;/h2-5H,6,9H2,1H3;5H,2-4H2,1H3;1-2H3;1H. The van der Waals surface area contributed by atoms with E-state index in [0.717, 1.165) is 5.92 Å². The van der Waals surface area contributed by atoms with Crippen molar-refractivity contribution in [1.82, 2.24) is 0 Å². The van der Waals surface area contributed by atoms with Crippen molar-refractivity contribution in [3.63, 3.8) is 0 Å². The summed E-state index contributed by atoms with van der Waals surface area (Å²) in [5.41, 5.74) is 7.96. The predicted molar refractivity (Wildman–Crippen MR) is 75.5 cm³/mol. The minimum absolute atomic E-state index is 0. The zero-order valence-electron chi connectivity index (χ0n) is 11.3. The van der Waals surface area contributed by atoms with Crippen molar-refractivity contribution in [3.05, 3.63) is 35.4 Å². The van der Waals surface area contributed by atoms with Gasteiger partial charge in [-0.15, -0.1) is 0 Å². The molecule has 1 aliphatic carbocycles. The monoisotopic (exact) mass is 223 g/mol. The molecule has 0 amide bonds. The Balaban J connectivity index is 0. The smallest absolute Gasteiger partial charge is 0.0180 e. The van der Waals surface area contributed by atoms with Crippen LogP contribution in [0.1, 0.15) is 52.6 Å². The predicted octanol–water partition coefficient (Wildman–Crippen LogP) is 4.53. The molecule has 1 nitrogen and oxygen atoms in total. The van der Waals surface area contributed by atoms with E-state index in [1.54, 1.807) is 0 Å². The fourth-order valence-corrected chi connectivity index (χ4v) is 1.37. The van der Waals surface area contributed by atoms with E-state index in [0.29, 0.717) is 6.54 Å². The average molecular weight is 223 g/mol. The molecule has 0 spiro atoms. The lowest BCUT2D eigenvalue weighted by Crippen LogP contribution is -1.97. The quantitative estimate of drug-likeness (QED) is 0.783. The molecule has 0 saturated heterocycles. The van der Waals surface area contributed by atoms with Gasteiger partial charge in [-0.1, -0.05) is 64.3 Å². The summed E-state index contributed by atoms with van der Waals surface area (Å²) in [5, 5.41) is 0. The molecule has 0 bridgehead atoms. The van der Waals surface area contributed by atoms with Crippen LogP contribution in [0.2, 0.25) is 0 Å². The van der Waals surface area contributed by atoms with Gasteiger partial charge in [0.25, 0.3) is 0 Å². The largest absolute Gasteiger partial charge is 0.326 e. The Labute approximate surface area is 103 Å². The van der Waals surface area contributed by atoms with Crippen molar-refractivity contribution in [2.75, 3.05) is 0 Å². The highest BCUT2D eigenvalue weighted by Gasteiger charge is 2.17. The number of hydrogen-bond donors (Lipinski definition) is 1. The maximum Gasteiger partial charge on any atom is 0.0180 e. The zero-order valence-corrected chi connectivity index (χ0v) is 11.3. The third kappa shape index (κ3) is 6.62. The van der Waals surface area contributed by atoms with Gasteiger partial charge in [0, 0.05) is 7.97 Å². The van der Waals surface area contributed by atoms with E-state index < -0.39 is 0 Å². The normalized spacial score (nSPS) is 13.1. The molecule has 1 heteroatoms. The Morgan fingerprint density at radius 1 is 1.25 bits per heavy atom. The van der Waals surface area contributed by atoms with E-state index in [9.17, 15) is 0 Å². The number of hydrogen-bond acceptors (Lipinski definition) is 1. The average Bonchev–Trinajstić information content (AvgIpc) is 3.17. The molecule has 16 heavy (non-hydrogen) atoms. The first-order valence-electron chi connectivity index (χ1n) is 6.52. The number of benzene rings is 1. The van der Waals surface area contributed by atoms with Gasteiger partial charge in [-0.3, -0.25) is 0 Å². The molecule has 1 fully saturated rings. The van der Waals surface area contributed by atoms with Crippen molar-refractivity contribution < 1.29 is 1.43 Å². The Morgan fingerprint density at radius 2 is 1.81 bits per heavy atom. The van der Waals surface area contributed by atoms with Crippen LogP contribution < -0.4 is 5.73 Å². The van der Waals surface area contributed by atoms with Crippen LogP contribution in [-0.4, -0.2) is 0 Å². The van der Waals surface area contributed by atoms with Crippen molar-refractivity contribution in [2.24, 2.45) is 11.7 Å². The Hall–Kier alpha value is -0.820. The number of aryl methyl sites for hydroxylation is 1. The van der Waals surface area contributed by atoms with E-state index in [-0.39, 0.29) is 1.43 Å². The highest BCUT2D eigenvalue weighted by Crippen LogP contribution is 2.31. The minimum atomic E-state index is 0. The molecule has 1 aliphatic rings. The van der Waals surface area contributed by atoms with Gasteiger partial charge in [-0.05, 0) is 24.0 Å². The first kappa shape index (κ1) is 15.2. The van der Waals surface area contributed by atoms with Gasteiger partial charge in [0.05, 0.1) is 0 Å². The van der Waals surface area contributed by atoms with Gasteiger partial charge >= 0.3 is 0 Å². The van der Waals surface area contributed by atoms with Gasteiger partial charge in [-0.25, -0.2) is 0 Å². The summed E-state index contributed by atoms with van der Waals surface area (Å²) in [6.45, 7) is 8.98. The van der Waals surface area contributed by atoms with Gasteiger partial charge in [0.15, 0.2) is 0 Å². The summed E-state index contributed by atoms with van der Waals surface area (Å²) in [4.78, 5) is 0. The Kier molecular flexibility index (Phi) is 8.93. The van der Waals surface area contributed by atoms with Crippen LogP contribution in [0.4, 0.5) is 0 Å². The highest BCUT2D eigenvalue weighted by atomic mass is 14.5. The topological polar surface area (TPSA) is 26.0 Å². The van der Waals surface area contributed by atoms with Crippen LogP contribution in [0.3, 0.4) is 0 Å². The van der Waals surface area contributed by atoms with E-state index in [4.69, 9.17) is 5.73 Å². The summed E-state index contributed by atoms with van der Waals surface area (Å²) in [6, 6.07) is 8.15. The van der Waals surface area contributed by atoms with Crippen molar-refractivity contribution in [2.45, 2.75) is 53.5 Å².